The lowest BCUT2D eigenvalue weighted by Crippen LogP contribution is -2.38. The number of rotatable bonds is 10. The highest BCUT2D eigenvalue weighted by atomic mass is 16.6. The number of esters is 1. The van der Waals surface area contributed by atoms with Crippen molar-refractivity contribution >= 4 is 23.2 Å². The summed E-state index contributed by atoms with van der Waals surface area (Å²) in [7, 11) is 0. The molecule has 4 rings (SSSR count). The molecule has 190 valence electrons. The molecule has 0 aliphatic carbocycles. The van der Waals surface area contributed by atoms with Crippen LogP contribution < -0.4 is 10.5 Å². The highest BCUT2D eigenvalue weighted by Gasteiger charge is 2.28. The molecule has 1 aromatic carbocycles. The van der Waals surface area contributed by atoms with E-state index in [-0.39, 0.29) is 24.5 Å². The van der Waals surface area contributed by atoms with Crippen molar-refractivity contribution in [2.75, 3.05) is 46.1 Å². The van der Waals surface area contributed by atoms with Gasteiger partial charge in [-0.3, -0.25) is 14.5 Å². The number of hydrogen-bond donors (Lipinski definition) is 1. The standard InChI is InChI=1S/C26H30N4O6/c1-17-14-21(36-16-22(31)35-13-10-29-8-11-34-12-9-29)24-23(25(32)26(27)33)18(2)20(30(24)28-17)15-19-6-4-3-5-7-19/h3-7,14H,8-13,15-16H2,1-2H3,(H2,27,33). The smallest absolute Gasteiger partial charge is 0.344 e. The van der Waals surface area contributed by atoms with Gasteiger partial charge >= 0.3 is 5.97 Å². The molecule has 1 aliphatic heterocycles. The minimum Gasteiger partial charge on any atom is -0.480 e. The van der Waals surface area contributed by atoms with E-state index in [1.807, 2.05) is 30.3 Å². The highest BCUT2D eigenvalue weighted by molar-refractivity contribution is 6.44. The third-order valence-corrected chi connectivity index (χ3v) is 6.13. The molecule has 1 fully saturated rings. The van der Waals surface area contributed by atoms with Crippen LogP contribution in [-0.2, 0) is 25.5 Å². The third kappa shape index (κ3) is 5.72. The normalized spacial score (nSPS) is 14.1. The summed E-state index contributed by atoms with van der Waals surface area (Å²) >= 11 is 0. The van der Waals surface area contributed by atoms with Gasteiger partial charge in [-0.15, -0.1) is 0 Å². The van der Waals surface area contributed by atoms with Crippen molar-refractivity contribution < 1.29 is 28.6 Å². The molecule has 0 spiro atoms. The number of ether oxygens (including phenoxy) is 3. The maximum absolute atomic E-state index is 12.8. The van der Waals surface area contributed by atoms with Gasteiger partial charge in [-0.1, -0.05) is 30.3 Å². The molecule has 0 atom stereocenters. The number of fused-ring (bicyclic) bond motifs is 1. The maximum atomic E-state index is 12.8. The summed E-state index contributed by atoms with van der Waals surface area (Å²) in [5.41, 5.74) is 8.71. The van der Waals surface area contributed by atoms with Crippen LogP contribution in [0.15, 0.2) is 36.4 Å². The molecule has 3 heterocycles. The Bertz CT molecular complexity index is 1260. The zero-order valence-corrected chi connectivity index (χ0v) is 20.5. The number of morpholine rings is 1. The number of benzene rings is 1. The van der Waals surface area contributed by atoms with Gasteiger partial charge in [-0.05, 0) is 25.0 Å². The number of nitrogens with two attached hydrogens (primary N) is 1. The predicted octanol–water partition coefficient (Wildman–Crippen LogP) is 1.46. The molecule has 1 saturated heterocycles. The van der Waals surface area contributed by atoms with E-state index in [2.05, 4.69) is 10.00 Å². The average molecular weight is 495 g/mol. The van der Waals surface area contributed by atoms with E-state index in [4.69, 9.17) is 19.9 Å². The van der Waals surface area contributed by atoms with Crippen molar-refractivity contribution in [1.29, 1.82) is 0 Å². The molecule has 2 aromatic heterocycles. The van der Waals surface area contributed by atoms with Crippen molar-refractivity contribution in [2.24, 2.45) is 5.73 Å². The third-order valence-electron chi connectivity index (χ3n) is 6.13. The van der Waals surface area contributed by atoms with Crippen molar-refractivity contribution in [1.82, 2.24) is 14.5 Å². The van der Waals surface area contributed by atoms with Crippen LogP contribution >= 0.6 is 0 Å². The van der Waals surface area contributed by atoms with Gasteiger partial charge in [0.25, 0.3) is 11.7 Å². The second-order valence-electron chi connectivity index (χ2n) is 8.68. The van der Waals surface area contributed by atoms with Crippen LogP contribution in [0.3, 0.4) is 0 Å². The molecule has 10 nitrogen and oxygen atoms in total. The first-order chi connectivity index (χ1) is 17.3. The zero-order valence-electron chi connectivity index (χ0n) is 20.5. The number of carbonyl (C=O) groups is 3. The van der Waals surface area contributed by atoms with Crippen LogP contribution in [0.4, 0.5) is 0 Å². The number of amides is 1. The van der Waals surface area contributed by atoms with Crippen LogP contribution in [0.2, 0.25) is 0 Å². The zero-order chi connectivity index (χ0) is 25.7. The number of ketones is 1. The number of carbonyl (C=O) groups excluding carboxylic acids is 3. The van der Waals surface area contributed by atoms with E-state index in [1.54, 1.807) is 24.4 Å². The first-order valence-corrected chi connectivity index (χ1v) is 11.8. The monoisotopic (exact) mass is 494 g/mol. The summed E-state index contributed by atoms with van der Waals surface area (Å²) in [6, 6.07) is 11.3. The summed E-state index contributed by atoms with van der Waals surface area (Å²) in [6.45, 7) is 6.98. The van der Waals surface area contributed by atoms with Gasteiger partial charge in [0.1, 0.15) is 17.9 Å². The van der Waals surface area contributed by atoms with Crippen molar-refractivity contribution in [3.8, 4) is 5.75 Å². The van der Waals surface area contributed by atoms with Gasteiger partial charge in [-0.2, -0.15) is 5.10 Å². The number of primary amides is 1. The maximum Gasteiger partial charge on any atom is 0.344 e. The van der Waals surface area contributed by atoms with Gasteiger partial charge in [0.05, 0.1) is 30.2 Å². The second kappa shape index (κ2) is 11.3. The first kappa shape index (κ1) is 25.3. The van der Waals surface area contributed by atoms with Crippen molar-refractivity contribution in [3.05, 3.63) is 64.5 Å². The minimum absolute atomic E-state index is 0.122. The van der Waals surface area contributed by atoms with Crippen molar-refractivity contribution in [3.63, 3.8) is 0 Å². The van der Waals surface area contributed by atoms with Gasteiger partial charge in [-0.25, -0.2) is 9.31 Å². The Kier molecular flexibility index (Phi) is 7.97. The average Bonchev–Trinajstić information content (AvgIpc) is 3.14. The number of nitrogens with zero attached hydrogens (tertiary/aromatic N) is 3. The van der Waals surface area contributed by atoms with Gasteiger partial charge < -0.3 is 19.9 Å². The predicted molar refractivity (Wildman–Crippen MR) is 131 cm³/mol. The fourth-order valence-corrected chi connectivity index (χ4v) is 4.30. The molecular formula is C26H30N4O6. The summed E-state index contributed by atoms with van der Waals surface area (Å²) in [6.07, 6.45) is 0.472. The van der Waals surface area contributed by atoms with E-state index in [0.717, 1.165) is 24.3 Å². The minimum atomic E-state index is -1.08. The van der Waals surface area contributed by atoms with E-state index >= 15 is 0 Å². The van der Waals surface area contributed by atoms with Gasteiger partial charge in [0.15, 0.2) is 6.61 Å². The Morgan fingerprint density at radius 1 is 1.11 bits per heavy atom. The lowest BCUT2D eigenvalue weighted by Gasteiger charge is -2.26. The summed E-state index contributed by atoms with van der Waals surface area (Å²) in [5, 5.41) is 4.58. The highest BCUT2D eigenvalue weighted by Crippen LogP contribution is 2.32. The molecule has 10 heteroatoms. The lowest BCUT2D eigenvalue weighted by molar-refractivity contribution is -0.146. The van der Waals surface area contributed by atoms with Crippen LogP contribution in [0.5, 0.6) is 5.75 Å². The fraction of sp³-hybridized carbons (Fsp3) is 0.385. The summed E-state index contributed by atoms with van der Waals surface area (Å²) in [4.78, 5) is 39.2. The van der Waals surface area contributed by atoms with Crippen LogP contribution in [0.1, 0.15) is 32.9 Å². The molecule has 1 aliphatic rings. The molecular weight excluding hydrogens is 464 g/mol. The largest absolute Gasteiger partial charge is 0.480 e. The molecule has 3 aromatic rings. The van der Waals surface area contributed by atoms with Crippen LogP contribution in [-0.4, -0.2) is 78.2 Å². The summed E-state index contributed by atoms with van der Waals surface area (Å²) < 4.78 is 18.1. The molecule has 0 saturated carbocycles. The summed E-state index contributed by atoms with van der Waals surface area (Å²) in [5.74, 6) is -2.20. The quantitative estimate of drug-likeness (QED) is 0.255. The molecule has 2 N–H and O–H groups in total. The lowest BCUT2D eigenvalue weighted by atomic mass is 10.0. The Balaban J connectivity index is 1.59. The number of aryl methyl sites for hydroxylation is 1. The molecule has 0 radical (unpaired) electrons. The first-order valence-electron chi connectivity index (χ1n) is 11.8. The number of hydrogen-bond acceptors (Lipinski definition) is 8. The fourth-order valence-electron chi connectivity index (χ4n) is 4.30. The Hall–Kier alpha value is -3.76. The van der Waals surface area contributed by atoms with Gasteiger partial charge in [0, 0.05) is 32.1 Å². The van der Waals surface area contributed by atoms with Gasteiger partial charge in [0.2, 0.25) is 0 Å². The SMILES string of the molecule is Cc1cc(OCC(=O)OCCN2CCOCC2)c2c(C(=O)C(N)=O)c(C)c(Cc3ccccc3)n2n1. The molecule has 0 unspecified atom stereocenters. The Morgan fingerprint density at radius 3 is 2.53 bits per heavy atom. The Labute approximate surface area is 208 Å². The van der Waals surface area contributed by atoms with Crippen LogP contribution in [0.25, 0.3) is 5.52 Å². The molecule has 36 heavy (non-hydrogen) atoms. The molecule has 0 bridgehead atoms. The number of Topliss-reactive ketones (excluding diaryl/α,β-unsaturated/α-hetero) is 1. The van der Waals surface area contributed by atoms with Crippen molar-refractivity contribution in [2.45, 2.75) is 20.3 Å². The van der Waals surface area contributed by atoms with E-state index < -0.39 is 17.7 Å². The topological polar surface area (TPSA) is 125 Å². The molecule has 1 amide bonds. The van der Waals surface area contributed by atoms with E-state index in [0.29, 0.717) is 43.0 Å². The van der Waals surface area contributed by atoms with Crippen LogP contribution in [0, 0.1) is 13.8 Å². The van der Waals surface area contributed by atoms with E-state index in [1.165, 1.54) is 0 Å². The number of aromatic nitrogens is 2. The van der Waals surface area contributed by atoms with E-state index in [9.17, 15) is 14.4 Å². The second-order valence-corrected chi connectivity index (χ2v) is 8.68. The Morgan fingerprint density at radius 2 is 1.83 bits per heavy atom.